The van der Waals surface area contributed by atoms with Gasteiger partial charge in [-0.15, -0.1) is 0 Å². The van der Waals surface area contributed by atoms with Gasteiger partial charge in [0.15, 0.2) is 5.82 Å². The molecule has 8 nitrogen and oxygen atoms in total. The van der Waals surface area contributed by atoms with Gasteiger partial charge in [0.2, 0.25) is 0 Å². The number of benzene rings is 4. The van der Waals surface area contributed by atoms with Gasteiger partial charge in [-0.25, -0.2) is 19.9 Å². The van der Waals surface area contributed by atoms with Gasteiger partial charge in [-0.2, -0.15) is 0 Å². The molecule has 10 heteroatoms. The molecule has 0 atom stereocenters. The highest BCUT2D eigenvalue weighted by molar-refractivity contribution is 9.11. The first-order chi connectivity index (χ1) is 20.4. The summed E-state index contributed by atoms with van der Waals surface area (Å²) in [5.74, 6) is 3.84. The average molecular weight is 684 g/mol. The Kier molecular flexibility index (Phi) is 9.37. The third kappa shape index (κ3) is 7.68. The zero-order chi connectivity index (χ0) is 29.3. The van der Waals surface area contributed by atoms with E-state index in [1.165, 1.54) is 0 Å². The van der Waals surface area contributed by atoms with E-state index in [1.54, 1.807) is 12.4 Å². The maximum atomic E-state index is 6.15. The molecule has 0 saturated carbocycles. The molecule has 4 N–H and O–H groups in total. The van der Waals surface area contributed by atoms with E-state index in [9.17, 15) is 0 Å². The molecule has 0 aliphatic rings. The fraction of sp³-hybridized carbons (Fsp3) is 0. The first kappa shape index (κ1) is 28.7. The minimum absolute atomic E-state index is 0.375. The normalized spacial score (nSPS) is 10.3. The van der Waals surface area contributed by atoms with E-state index < -0.39 is 0 Å². The molecule has 0 spiro atoms. The van der Waals surface area contributed by atoms with Crippen molar-refractivity contribution >= 4 is 43.5 Å². The van der Waals surface area contributed by atoms with Crippen LogP contribution >= 0.6 is 31.9 Å². The number of aromatic nitrogens is 4. The number of para-hydroxylation sites is 2. The third-order valence-electron chi connectivity index (χ3n) is 5.76. The second-order valence-electron chi connectivity index (χ2n) is 8.74. The largest absolute Gasteiger partial charge is 0.457 e. The first-order valence-electron chi connectivity index (χ1n) is 12.7. The molecule has 0 unspecified atom stereocenters. The van der Waals surface area contributed by atoms with Gasteiger partial charge < -0.3 is 20.9 Å². The fourth-order valence-corrected chi connectivity index (χ4v) is 4.54. The molecule has 0 aliphatic carbocycles. The van der Waals surface area contributed by atoms with Gasteiger partial charge in [-0.1, -0.05) is 36.4 Å². The van der Waals surface area contributed by atoms with E-state index in [0.717, 1.165) is 39.8 Å². The Hall–Kier alpha value is -4.80. The van der Waals surface area contributed by atoms with Gasteiger partial charge in [-0.05, 0) is 105 Å². The van der Waals surface area contributed by atoms with Crippen molar-refractivity contribution in [2.45, 2.75) is 0 Å². The second-order valence-corrected chi connectivity index (χ2v) is 10.3. The summed E-state index contributed by atoms with van der Waals surface area (Å²) in [6.45, 7) is 0. The standard InChI is InChI=1S/C28H21N3O2.C4H3Br2N3/c29-28-27(21-13-17-25(18-14-21)33-23-9-5-2-6-10-23)31-26(19-30-28)20-11-15-24(16-12-20)32-22-7-3-1-4-8-22;5-2-1-8-4(7)3(6)9-2/h1-19H,(H2,29,30);1H,(H2,7,8). The van der Waals surface area contributed by atoms with Gasteiger partial charge >= 0.3 is 0 Å². The van der Waals surface area contributed by atoms with Crippen LogP contribution in [0.5, 0.6) is 23.0 Å². The maximum absolute atomic E-state index is 6.15. The van der Waals surface area contributed by atoms with E-state index in [0.29, 0.717) is 26.5 Å². The van der Waals surface area contributed by atoms with Gasteiger partial charge in [0.1, 0.15) is 43.7 Å². The molecule has 42 heavy (non-hydrogen) atoms. The highest BCUT2D eigenvalue weighted by Gasteiger charge is 2.10. The van der Waals surface area contributed by atoms with Crippen LogP contribution in [0.25, 0.3) is 22.5 Å². The minimum atomic E-state index is 0.375. The summed E-state index contributed by atoms with van der Waals surface area (Å²) in [5, 5.41) is 0. The highest BCUT2D eigenvalue weighted by atomic mass is 79.9. The molecule has 6 rings (SSSR count). The SMILES string of the molecule is Nc1ncc(-c2ccc(Oc3ccccc3)cc2)nc1-c1ccc(Oc2ccccc2)cc1.Nc1ncc(Br)nc1Br. The molecule has 2 heterocycles. The predicted molar refractivity (Wildman–Crippen MR) is 172 cm³/mol. The molecule has 0 radical (unpaired) electrons. The summed E-state index contributed by atoms with van der Waals surface area (Å²) >= 11 is 6.25. The van der Waals surface area contributed by atoms with Gasteiger partial charge in [0.25, 0.3) is 0 Å². The minimum Gasteiger partial charge on any atom is -0.457 e. The Morgan fingerprint density at radius 2 is 0.976 bits per heavy atom. The lowest BCUT2D eigenvalue weighted by molar-refractivity contribution is 0.482. The third-order valence-corrected chi connectivity index (χ3v) is 6.73. The van der Waals surface area contributed by atoms with Crippen molar-refractivity contribution in [3.63, 3.8) is 0 Å². The highest BCUT2D eigenvalue weighted by Crippen LogP contribution is 2.30. The summed E-state index contributed by atoms with van der Waals surface area (Å²) in [5.41, 5.74) is 14.6. The lowest BCUT2D eigenvalue weighted by Crippen LogP contribution is -1.99. The monoisotopic (exact) mass is 682 g/mol. The Labute approximate surface area is 259 Å². The van der Waals surface area contributed by atoms with Crippen molar-refractivity contribution in [2.75, 3.05) is 11.5 Å². The molecule has 208 valence electrons. The lowest BCUT2D eigenvalue weighted by Gasteiger charge is -2.10. The van der Waals surface area contributed by atoms with Gasteiger partial charge in [0.05, 0.1) is 18.1 Å². The molecule has 0 saturated heterocycles. The molecule has 0 aliphatic heterocycles. The van der Waals surface area contributed by atoms with E-state index in [4.69, 9.17) is 25.9 Å². The van der Waals surface area contributed by atoms with E-state index in [2.05, 4.69) is 46.8 Å². The van der Waals surface area contributed by atoms with E-state index >= 15 is 0 Å². The number of ether oxygens (including phenoxy) is 2. The number of anilines is 2. The predicted octanol–water partition coefficient (Wildman–Crippen LogP) is 8.56. The first-order valence-corrected chi connectivity index (χ1v) is 14.3. The molecule has 0 fully saturated rings. The van der Waals surface area contributed by atoms with Gasteiger partial charge in [-0.3, -0.25) is 0 Å². The summed E-state index contributed by atoms with van der Waals surface area (Å²) in [6, 6.07) is 34.7. The second kappa shape index (κ2) is 13.7. The van der Waals surface area contributed by atoms with Crippen LogP contribution in [0.3, 0.4) is 0 Å². The summed E-state index contributed by atoms with van der Waals surface area (Å²) < 4.78 is 13.0. The fourth-order valence-electron chi connectivity index (χ4n) is 3.73. The molecule has 2 aromatic heterocycles. The van der Waals surface area contributed by atoms with Crippen LogP contribution in [-0.2, 0) is 0 Å². The van der Waals surface area contributed by atoms with Gasteiger partial charge in [0, 0.05) is 11.1 Å². The Balaban J connectivity index is 0.000000336. The molecule has 0 bridgehead atoms. The average Bonchev–Trinajstić information content (AvgIpc) is 3.02. The zero-order valence-electron chi connectivity index (χ0n) is 22.1. The number of nitrogens with zero attached hydrogens (tertiary/aromatic N) is 4. The van der Waals surface area contributed by atoms with Crippen LogP contribution in [0.15, 0.2) is 131 Å². The molecule has 0 amide bonds. The van der Waals surface area contributed by atoms with Crippen LogP contribution < -0.4 is 20.9 Å². The molecular weight excluding hydrogens is 660 g/mol. The van der Waals surface area contributed by atoms with Crippen molar-refractivity contribution in [2.24, 2.45) is 0 Å². The van der Waals surface area contributed by atoms with Crippen LogP contribution in [0.1, 0.15) is 0 Å². The molecular formula is C32H24Br2N6O2. The van der Waals surface area contributed by atoms with E-state index in [1.807, 2.05) is 109 Å². The Bertz CT molecular complexity index is 1760. The number of halogens is 2. The van der Waals surface area contributed by atoms with Crippen LogP contribution in [0, 0.1) is 0 Å². The van der Waals surface area contributed by atoms with Crippen LogP contribution in [-0.4, -0.2) is 19.9 Å². The number of hydrogen-bond acceptors (Lipinski definition) is 8. The quantitative estimate of drug-likeness (QED) is 0.179. The summed E-state index contributed by atoms with van der Waals surface area (Å²) in [4.78, 5) is 16.9. The summed E-state index contributed by atoms with van der Waals surface area (Å²) in [6.07, 6.45) is 3.22. The Morgan fingerprint density at radius 3 is 1.48 bits per heavy atom. The number of hydrogen-bond donors (Lipinski definition) is 2. The molecule has 4 aromatic carbocycles. The topological polar surface area (TPSA) is 122 Å². The molecule has 6 aromatic rings. The number of rotatable bonds is 6. The van der Waals surface area contributed by atoms with Crippen molar-refractivity contribution in [1.82, 2.24) is 19.9 Å². The van der Waals surface area contributed by atoms with Crippen molar-refractivity contribution in [3.05, 3.63) is 131 Å². The number of nitrogen functional groups attached to an aromatic ring is 2. The number of nitrogens with two attached hydrogens (primary N) is 2. The van der Waals surface area contributed by atoms with Crippen molar-refractivity contribution in [1.29, 1.82) is 0 Å². The Morgan fingerprint density at radius 1 is 0.500 bits per heavy atom. The van der Waals surface area contributed by atoms with Crippen LogP contribution in [0.4, 0.5) is 11.6 Å². The van der Waals surface area contributed by atoms with Crippen molar-refractivity contribution in [3.8, 4) is 45.5 Å². The van der Waals surface area contributed by atoms with E-state index in [-0.39, 0.29) is 0 Å². The van der Waals surface area contributed by atoms with Crippen molar-refractivity contribution < 1.29 is 9.47 Å². The maximum Gasteiger partial charge on any atom is 0.156 e. The van der Waals surface area contributed by atoms with Crippen LogP contribution in [0.2, 0.25) is 0 Å². The lowest BCUT2D eigenvalue weighted by atomic mass is 10.1. The summed E-state index contributed by atoms with van der Waals surface area (Å²) in [7, 11) is 0. The smallest absolute Gasteiger partial charge is 0.156 e. The zero-order valence-corrected chi connectivity index (χ0v) is 25.2.